The molecule has 0 aliphatic carbocycles. The third-order valence-electron chi connectivity index (χ3n) is 4.91. The molecule has 3 rings (SSSR count). The number of fused-ring (bicyclic) bond motifs is 1. The van der Waals surface area contributed by atoms with Crippen molar-refractivity contribution in [3.8, 4) is 0 Å². The van der Waals surface area contributed by atoms with Crippen LogP contribution in [0.1, 0.15) is 37.9 Å². The lowest BCUT2D eigenvalue weighted by molar-refractivity contribution is -0.121. The SMILES string of the molecule is CCC(C)NC(=O)CCc1nc2ccccc2n(Cc2c(F)cccc2Cl)c1=O. The van der Waals surface area contributed by atoms with Gasteiger partial charge in [-0.05, 0) is 37.6 Å². The Balaban J connectivity index is 1.98. The van der Waals surface area contributed by atoms with Crippen LogP contribution in [0.3, 0.4) is 0 Å². The normalized spacial score (nSPS) is 12.1. The summed E-state index contributed by atoms with van der Waals surface area (Å²) < 4.78 is 15.8. The lowest BCUT2D eigenvalue weighted by Gasteiger charge is -2.14. The largest absolute Gasteiger partial charge is 0.354 e. The van der Waals surface area contributed by atoms with E-state index in [4.69, 9.17) is 11.6 Å². The second kappa shape index (κ2) is 9.18. The molecule has 0 fully saturated rings. The van der Waals surface area contributed by atoms with Gasteiger partial charge < -0.3 is 9.88 Å². The average molecular weight is 416 g/mol. The number of aryl methyl sites for hydroxylation is 1. The van der Waals surface area contributed by atoms with Crippen molar-refractivity contribution < 1.29 is 9.18 Å². The second-order valence-corrected chi connectivity index (χ2v) is 7.42. The van der Waals surface area contributed by atoms with E-state index in [0.29, 0.717) is 11.0 Å². The molecule has 0 radical (unpaired) electrons. The fourth-order valence-electron chi connectivity index (χ4n) is 3.09. The van der Waals surface area contributed by atoms with Gasteiger partial charge in [-0.3, -0.25) is 9.59 Å². The van der Waals surface area contributed by atoms with Crippen molar-refractivity contribution >= 4 is 28.5 Å². The first-order valence-electron chi connectivity index (χ1n) is 9.61. The molecule has 1 atom stereocenters. The van der Waals surface area contributed by atoms with Gasteiger partial charge in [-0.25, -0.2) is 9.37 Å². The summed E-state index contributed by atoms with van der Waals surface area (Å²) in [6, 6.07) is 11.7. The number of amides is 1. The number of aromatic nitrogens is 2. The molecule has 152 valence electrons. The van der Waals surface area contributed by atoms with Gasteiger partial charge in [0.05, 0.1) is 17.6 Å². The smallest absolute Gasteiger partial charge is 0.273 e. The van der Waals surface area contributed by atoms with Gasteiger partial charge in [-0.2, -0.15) is 0 Å². The summed E-state index contributed by atoms with van der Waals surface area (Å²) in [7, 11) is 0. The molecule has 3 aromatic rings. The zero-order valence-corrected chi connectivity index (χ0v) is 17.2. The summed E-state index contributed by atoms with van der Waals surface area (Å²) in [6.07, 6.45) is 1.19. The van der Waals surface area contributed by atoms with E-state index in [1.54, 1.807) is 24.3 Å². The summed E-state index contributed by atoms with van der Waals surface area (Å²) in [6.45, 7) is 3.90. The van der Waals surface area contributed by atoms with E-state index in [9.17, 15) is 14.0 Å². The number of halogens is 2. The number of carbonyl (C=O) groups is 1. The number of hydrogen-bond donors (Lipinski definition) is 1. The van der Waals surface area contributed by atoms with Crippen LogP contribution < -0.4 is 10.9 Å². The Labute approximate surface area is 173 Å². The van der Waals surface area contributed by atoms with Crippen LogP contribution in [0, 0.1) is 5.82 Å². The van der Waals surface area contributed by atoms with Gasteiger partial charge in [0, 0.05) is 29.5 Å². The third kappa shape index (κ3) is 4.82. The van der Waals surface area contributed by atoms with Crippen LogP contribution in [0.5, 0.6) is 0 Å². The minimum Gasteiger partial charge on any atom is -0.354 e. The number of hydrogen-bond acceptors (Lipinski definition) is 3. The maximum atomic E-state index is 14.3. The molecule has 2 aromatic carbocycles. The monoisotopic (exact) mass is 415 g/mol. The third-order valence-corrected chi connectivity index (χ3v) is 5.26. The molecule has 0 aliphatic rings. The minimum absolute atomic E-state index is 0.0144. The molecule has 5 nitrogen and oxygen atoms in total. The summed E-state index contributed by atoms with van der Waals surface area (Å²) in [4.78, 5) is 29.7. The van der Waals surface area contributed by atoms with Crippen LogP contribution in [0.15, 0.2) is 47.3 Å². The lowest BCUT2D eigenvalue weighted by Crippen LogP contribution is -2.33. The van der Waals surface area contributed by atoms with E-state index in [-0.39, 0.29) is 53.2 Å². The summed E-state index contributed by atoms with van der Waals surface area (Å²) in [5, 5.41) is 3.14. The van der Waals surface area contributed by atoms with Crippen LogP contribution >= 0.6 is 11.6 Å². The van der Waals surface area contributed by atoms with Crippen LogP contribution in [-0.4, -0.2) is 21.5 Å². The summed E-state index contributed by atoms with van der Waals surface area (Å²) in [5.41, 5.74) is 1.37. The van der Waals surface area contributed by atoms with Crippen molar-refractivity contribution in [3.05, 3.63) is 74.9 Å². The Morgan fingerprint density at radius 1 is 1.24 bits per heavy atom. The molecule has 0 aliphatic heterocycles. The summed E-state index contributed by atoms with van der Waals surface area (Å²) in [5.74, 6) is -0.600. The number of benzene rings is 2. The number of nitrogens with zero attached hydrogens (tertiary/aromatic N) is 2. The topological polar surface area (TPSA) is 64.0 Å². The predicted octanol–water partition coefficient (Wildman–Crippen LogP) is 4.08. The molecule has 0 saturated heterocycles. The van der Waals surface area contributed by atoms with E-state index >= 15 is 0 Å². The number of para-hydroxylation sites is 2. The van der Waals surface area contributed by atoms with Crippen molar-refractivity contribution in [2.24, 2.45) is 0 Å². The minimum atomic E-state index is -0.472. The van der Waals surface area contributed by atoms with E-state index in [2.05, 4.69) is 10.3 Å². The maximum absolute atomic E-state index is 14.3. The fourth-order valence-corrected chi connectivity index (χ4v) is 3.31. The van der Waals surface area contributed by atoms with Crippen molar-refractivity contribution in [1.82, 2.24) is 14.9 Å². The molecule has 1 amide bonds. The number of carbonyl (C=O) groups excluding carboxylic acids is 1. The molecule has 7 heteroatoms. The number of nitrogens with one attached hydrogen (secondary N) is 1. The molecular formula is C22H23ClFN3O2. The molecule has 1 N–H and O–H groups in total. The Morgan fingerprint density at radius 2 is 2.00 bits per heavy atom. The van der Waals surface area contributed by atoms with E-state index in [1.165, 1.54) is 16.7 Å². The van der Waals surface area contributed by atoms with Gasteiger partial charge >= 0.3 is 0 Å². The molecule has 0 saturated carbocycles. The van der Waals surface area contributed by atoms with Crippen molar-refractivity contribution in [2.45, 2.75) is 45.7 Å². The van der Waals surface area contributed by atoms with Crippen molar-refractivity contribution in [1.29, 1.82) is 0 Å². The predicted molar refractivity (Wildman–Crippen MR) is 113 cm³/mol. The van der Waals surface area contributed by atoms with Crippen LogP contribution in [0.2, 0.25) is 5.02 Å². The maximum Gasteiger partial charge on any atom is 0.273 e. The Bertz CT molecular complexity index is 1080. The van der Waals surface area contributed by atoms with Crippen LogP contribution in [0.25, 0.3) is 11.0 Å². The van der Waals surface area contributed by atoms with Gasteiger partial charge in [0.2, 0.25) is 5.91 Å². The highest BCUT2D eigenvalue weighted by molar-refractivity contribution is 6.31. The molecule has 1 unspecified atom stereocenters. The molecular weight excluding hydrogens is 393 g/mol. The molecule has 29 heavy (non-hydrogen) atoms. The van der Waals surface area contributed by atoms with Gasteiger partial charge in [0.15, 0.2) is 0 Å². The highest BCUT2D eigenvalue weighted by atomic mass is 35.5. The first kappa shape index (κ1) is 21.0. The van der Waals surface area contributed by atoms with Gasteiger partial charge in [0.1, 0.15) is 11.5 Å². The quantitative estimate of drug-likeness (QED) is 0.632. The Hall–Kier alpha value is -2.73. The average Bonchev–Trinajstić information content (AvgIpc) is 2.70. The zero-order chi connectivity index (χ0) is 21.0. The molecule has 0 bridgehead atoms. The number of rotatable bonds is 7. The van der Waals surface area contributed by atoms with E-state index < -0.39 is 5.82 Å². The highest BCUT2D eigenvalue weighted by Gasteiger charge is 2.16. The zero-order valence-electron chi connectivity index (χ0n) is 16.4. The van der Waals surface area contributed by atoms with Gasteiger partial charge in [-0.15, -0.1) is 0 Å². The van der Waals surface area contributed by atoms with Crippen molar-refractivity contribution in [3.63, 3.8) is 0 Å². The second-order valence-electron chi connectivity index (χ2n) is 7.02. The lowest BCUT2D eigenvalue weighted by atomic mass is 10.1. The standard InChI is InChI=1S/C22H23ClFN3O2/c1-3-14(2)25-21(28)12-11-19-22(29)27(20-10-5-4-9-18(20)26-19)13-15-16(23)7-6-8-17(15)24/h4-10,14H,3,11-13H2,1-2H3,(H,25,28). The first-order valence-corrected chi connectivity index (χ1v) is 9.99. The fraction of sp³-hybridized carbons (Fsp3) is 0.318. The molecule has 1 heterocycles. The highest BCUT2D eigenvalue weighted by Crippen LogP contribution is 2.21. The Kier molecular flexibility index (Phi) is 6.64. The van der Waals surface area contributed by atoms with Gasteiger partial charge in [0.25, 0.3) is 5.56 Å². The van der Waals surface area contributed by atoms with Crippen LogP contribution in [0.4, 0.5) is 4.39 Å². The van der Waals surface area contributed by atoms with E-state index in [0.717, 1.165) is 6.42 Å². The molecule has 1 aromatic heterocycles. The van der Waals surface area contributed by atoms with Crippen molar-refractivity contribution in [2.75, 3.05) is 0 Å². The first-order chi connectivity index (χ1) is 13.9. The summed E-state index contributed by atoms with van der Waals surface area (Å²) >= 11 is 6.16. The Morgan fingerprint density at radius 3 is 2.72 bits per heavy atom. The van der Waals surface area contributed by atoms with Crippen LogP contribution in [-0.2, 0) is 17.8 Å². The van der Waals surface area contributed by atoms with Gasteiger partial charge in [-0.1, -0.05) is 36.7 Å². The van der Waals surface area contributed by atoms with E-state index in [1.807, 2.05) is 19.9 Å². The molecule has 0 spiro atoms.